The fourth-order valence-electron chi connectivity index (χ4n) is 14.2. The number of hydrogen-bond acceptors (Lipinski definition) is 32. The fraction of sp³-hybridized carbons (Fsp3) is 0.392. The Morgan fingerprint density at radius 1 is 0.540 bits per heavy atom. The van der Waals surface area contributed by atoms with Gasteiger partial charge in [0.2, 0.25) is 15.9 Å². The van der Waals surface area contributed by atoms with Gasteiger partial charge in [-0.3, -0.25) is 48.8 Å². The zero-order valence-corrected chi connectivity index (χ0v) is 77.4. The Hall–Kier alpha value is -8.70. The highest BCUT2D eigenvalue weighted by Crippen LogP contribution is 2.42. The summed E-state index contributed by atoms with van der Waals surface area (Å²) in [5.74, 6) is -5.64. The molecule has 14 rings (SSSR count). The minimum Gasteiger partial charge on any atom is -0.463 e. The summed E-state index contributed by atoms with van der Waals surface area (Å²) in [6.07, 6.45) is 8.39. The van der Waals surface area contributed by atoms with Crippen LogP contribution < -0.4 is 30.7 Å². The van der Waals surface area contributed by atoms with Crippen LogP contribution in [-0.2, 0) is 82.7 Å². The van der Waals surface area contributed by atoms with E-state index >= 15 is 0 Å². The molecule has 124 heavy (non-hydrogen) atoms. The number of amides is 3. The van der Waals surface area contributed by atoms with Gasteiger partial charge in [-0.05, 0) is 127 Å². The molecule has 6 N–H and O–H groups in total. The lowest BCUT2D eigenvalue weighted by Gasteiger charge is -2.37. The number of sulfonamides is 2. The van der Waals surface area contributed by atoms with Crippen LogP contribution in [0.3, 0.4) is 0 Å². The largest absolute Gasteiger partial charge is 0.463 e. The Kier molecular flexibility index (Phi) is 31.5. The number of piperidine rings is 1. The van der Waals surface area contributed by atoms with E-state index in [0.29, 0.717) is 93.0 Å². The number of aromatic nitrogens is 3. The second-order valence-corrected chi connectivity index (χ2v) is 42.5. The van der Waals surface area contributed by atoms with Crippen LogP contribution in [0.1, 0.15) is 117 Å². The molecule has 32 nitrogen and oxygen atoms in total. The predicted octanol–water partition coefficient (Wildman–Crippen LogP) is 8.95. The van der Waals surface area contributed by atoms with Gasteiger partial charge in [0.15, 0.2) is 52.2 Å². The Bertz CT molecular complexity index is 5880. The van der Waals surface area contributed by atoms with Gasteiger partial charge >= 0.3 is 17.9 Å². The molecule has 0 unspecified atom stereocenters. The van der Waals surface area contributed by atoms with Crippen molar-refractivity contribution >= 4 is 182 Å². The molecule has 1 saturated carbocycles. The summed E-state index contributed by atoms with van der Waals surface area (Å²) in [4.78, 5) is 112. The lowest BCUT2D eigenvalue weighted by molar-refractivity contribution is -0.139. The topological polar surface area (TPSA) is 424 Å². The smallest absolute Gasteiger partial charge is 0.338 e. The first kappa shape index (κ1) is 94.4. The van der Waals surface area contributed by atoms with E-state index in [4.69, 9.17) is 52.4 Å². The highest BCUT2D eigenvalue weighted by molar-refractivity contribution is 9.10. The van der Waals surface area contributed by atoms with Crippen molar-refractivity contribution in [1.82, 2.24) is 60.4 Å². The lowest BCUT2D eigenvalue weighted by atomic mass is 9.94. The fourth-order valence-corrected chi connectivity index (χ4v) is 23.1. The minimum atomic E-state index is -4.31. The van der Waals surface area contributed by atoms with E-state index in [1.807, 2.05) is 23.9 Å². The number of halogens is 6. The normalized spacial score (nSPS) is 21.1. The molecule has 1 aliphatic carbocycles. The Morgan fingerprint density at radius 3 is 1.34 bits per heavy atom. The summed E-state index contributed by atoms with van der Waals surface area (Å²) >= 11 is 23.5. The summed E-state index contributed by atoms with van der Waals surface area (Å²) in [6.45, 7) is 9.72. The van der Waals surface area contributed by atoms with Crippen LogP contribution in [0.25, 0.3) is 0 Å². The quantitative estimate of drug-likeness (QED) is 0.0217. The van der Waals surface area contributed by atoms with Gasteiger partial charge < -0.3 is 35.5 Å². The van der Waals surface area contributed by atoms with Crippen LogP contribution in [0.5, 0.6) is 0 Å². The molecule has 7 aromatic rings. The molecule has 3 amide bonds. The number of benzene rings is 4. The summed E-state index contributed by atoms with van der Waals surface area (Å²) in [7, 11) is -15.6. The van der Waals surface area contributed by atoms with Crippen LogP contribution in [0.2, 0.25) is 10.0 Å². The maximum atomic E-state index is 14.1. The van der Waals surface area contributed by atoms with E-state index in [0.717, 1.165) is 25.8 Å². The number of thiazole rings is 3. The summed E-state index contributed by atoms with van der Waals surface area (Å²) in [5, 5.41) is 19.8. The van der Waals surface area contributed by atoms with E-state index in [2.05, 4.69) is 77.7 Å². The second-order valence-electron chi connectivity index (χ2n) is 29.2. The molecule has 6 atom stereocenters. The van der Waals surface area contributed by atoms with E-state index in [1.54, 1.807) is 74.4 Å². The van der Waals surface area contributed by atoms with Crippen LogP contribution >= 0.6 is 89.1 Å². The third kappa shape index (κ3) is 23.6. The standard InChI is InChI=1S/C28H27BrFN5O7S3.C26H31Cl2N5O3S.C25H27BrFN5O7S3/c1-2-42-28(37)23-21(32-25(27-31-10-12-43-27)33-24(23)19-9-8-17(30)14-20(19)29)15-35-11-13-44(38,39)16-22(35)26(36)34-45(40,41)18-6-4-3-5-7-18;1-4-36-26(35)21-19(14-33-11-6-5-7-20(33)24(34)30-15(2)3)31-23(25-29-10-12-37-25)32-22(21)17-9-8-16(27)13-18(17)28;1-2-39-25(34)20-18(12-32-8-10-41(35,36)13-19(32)23(33)31-42(37,38)15-4-5-15)29-22(24-28-7-9-40-24)30-21(20)16-6-3-14(27)11-17(16)26/h3-10,12,14,22,24H,2,11,13,15-16H2,1H3,(H,32,33)(H,34,36);8-10,12-13,15,20,22H,4-7,11,14H2,1-3H3,(H,30,34)(H,31,32);3,6-7,9,11,15,19,21H,2,4-5,8,10,12-13H2,1H3,(H,29,30)(H,31,33)/t22-,24-;20-,22-;19-,21-/m000/s1. The lowest BCUT2D eigenvalue weighted by Crippen LogP contribution is -2.58. The molecule has 4 aromatic carbocycles. The Morgan fingerprint density at radius 2 is 0.952 bits per heavy atom. The molecule has 3 aromatic heterocycles. The molecule has 9 heterocycles. The summed E-state index contributed by atoms with van der Waals surface area (Å²) < 4.78 is 150. The van der Waals surface area contributed by atoms with Crippen molar-refractivity contribution in [3.05, 3.63) is 216 Å². The van der Waals surface area contributed by atoms with E-state index < -0.39 is 128 Å². The van der Waals surface area contributed by atoms with Gasteiger partial charge in [0.05, 0.1) is 75.7 Å². The maximum Gasteiger partial charge on any atom is 0.338 e. The molecule has 0 bridgehead atoms. The molecule has 7 aliphatic rings. The number of nitrogens with one attached hydrogen (secondary N) is 6. The summed E-state index contributed by atoms with van der Waals surface area (Å²) in [6, 6.07) is 14.5. The molecule has 662 valence electrons. The zero-order chi connectivity index (χ0) is 89.1. The summed E-state index contributed by atoms with van der Waals surface area (Å²) in [5.41, 5.74) is 3.14. The molecular weight excluding hydrogens is 1920 g/mol. The van der Waals surface area contributed by atoms with E-state index in [1.165, 1.54) is 104 Å². The van der Waals surface area contributed by atoms with Crippen molar-refractivity contribution in [3.8, 4) is 0 Å². The van der Waals surface area contributed by atoms with Crippen LogP contribution in [0.4, 0.5) is 8.78 Å². The first-order valence-corrected chi connectivity index (χ1v) is 50.6. The molecule has 45 heteroatoms. The monoisotopic (exact) mass is 2010 g/mol. The SMILES string of the molecule is CCOC(=O)C1=C(CN2CCCC[C@H]2C(=O)NC(C)C)NC(c2nccs2)=N[C@H]1c1ccc(Cl)cc1Cl.CCOC(=O)C1=C(CN2CCS(=O)(=O)C[C@H]2C(=O)NS(=O)(=O)C2CC2)NC(c2nccs2)=N[C@H]1c1ccc(F)cc1Br.CCOC(=O)C1=C(CN2CCS(=O)(=O)C[C@H]2C(=O)NS(=O)(=O)c2ccccc2)NC(c2nccs2)=N[C@H]1c1ccc(F)cc1Br. The van der Waals surface area contributed by atoms with Crippen LogP contribution in [-0.4, -0.2) is 228 Å². The zero-order valence-electron chi connectivity index (χ0n) is 67.0. The van der Waals surface area contributed by atoms with Crippen LogP contribution in [0, 0.1) is 11.6 Å². The molecule has 0 radical (unpaired) electrons. The average Bonchev–Trinajstić information content (AvgIpc) is 0.930. The number of rotatable bonds is 26. The van der Waals surface area contributed by atoms with Crippen molar-refractivity contribution in [1.29, 1.82) is 0 Å². The average molecular weight is 2010 g/mol. The number of likely N-dealkylation sites (tertiary alicyclic amines) is 1. The van der Waals surface area contributed by atoms with Crippen molar-refractivity contribution in [3.63, 3.8) is 0 Å². The molecule has 0 spiro atoms. The van der Waals surface area contributed by atoms with Crippen molar-refractivity contribution < 1.29 is 85.4 Å². The van der Waals surface area contributed by atoms with Gasteiger partial charge in [-0.15, -0.1) is 34.0 Å². The second kappa shape index (κ2) is 41.4. The Balaban J connectivity index is 0.000000170. The molecule has 4 fully saturated rings. The number of carbonyl (C=O) groups excluding carboxylic acids is 6. The highest BCUT2D eigenvalue weighted by Gasteiger charge is 2.46. The number of hydrogen-bond donors (Lipinski definition) is 6. The molecule has 6 aliphatic heterocycles. The number of aliphatic imine (C=N–C) groups is 3. The maximum absolute atomic E-state index is 14.1. The number of nitrogens with zero attached hydrogens (tertiary/aromatic N) is 9. The first-order valence-electron chi connectivity index (χ1n) is 38.9. The first-order chi connectivity index (χ1) is 59.0. The Labute approximate surface area is 753 Å². The number of esters is 3. The molecular formula is C79H85Br2Cl2F2N15O17S7. The van der Waals surface area contributed by atoms with E-state index in [9.17, 15) is 71.2 Å². The van der Waals surface area contributed by atoms with Gasteiger partial charge in [-0.2, -0.15) is 0 Å². The number of carbonyl (C=O) groups is 6. The van der Waals surface area contributed by atoms with Gasteiger partial charge in [-0.1, -0.05) is 97.9 Å². The molecule has 3 saturated heterocycles. The van der Waals surface area contributed by atoms with Crippen molar-refractivity contribution in [2.45, 2.75) is 119 Å². The number of sulfone groups is 2. The minimum absolute atomic E-state index is 0.00472. The van der Waals surface area contributed by atoms with Gasteiger partial charge in [0.1, 0.15) is 41.8 Å². The van der Waals surface area contributed by atoms with Gasteiger partial charge in [-0.25, -0.2) is 76.5 Å². The predicted molar refractivity (Wildman–Crippen MR) is 472 cm³/mol. The van der Waals surface area contributed by atoms with Crippen molar-refractivity contribution in [2.75, 3.05) is 82.1 Å². The third-order valence-corrected chi connectivity index (χ3v) is 30.9. The van der Waals surface area contributed by atoms with Crippen molar-refractivity contribution in [2.24, 2.45) is 15.0 Å². The van der Waals surface area contributed by atoms with Gasteiger partial charge in [0.25, 0.3) is 21.8 Å². The third-order valence-electron chi connectivity index (χ3n) is 20.2. The highest BCUT2D eigenvalue weighted by atomic mass is 79.9. The van der Waals surface area contributed by atoms with Crippen LogP contribution in [0.15, 0.2) is 182 Å². The number of ether oxygens (including phenoxy) is 3. The van der Waals surface area contributed by atoms with E-state index in [-0.39, 0.29) is 109 Å². The number of amidine groups is 3. The van der Waals surface area contributed by atoms with Gasteiger partial charge in [0, 0.05) is 115 Å².